The van der Waals surface area contributed by atoms with Crippen LogP contribution in [-0.2, 0) is 4.79 Å². The lowest BCUT2D eigenvalue weighted by Gasteiger charge is -2.25. The van der Waals surface area contributed by atoms with Gasteiger partial charge in [0.1, 0.15) is 5.75 Å². The van der Waals surface area contributed by atoms with Crippen molar-refractivity contribution in [3.05, 3.63) is 72.6 Å². The molecule has 0 aliphatic rings. The second-order valence-corrected chi connectivity index (χ2v) is 7.71. The van der Waals surface area contributed by atoms with Gasteiger partial charge in [0.15, 0.2) is 5.16 Å². The average molecular weight is 411 g/mol. The Bertz CT molecular complexity index is 927. The molecule has 7 heteroatoms. The van der Waals surface area contributed by atoms with E-state index < -0.39 is 0 Å². The minimum Gasteiger partial charge on any atom is -0.497 e. The number of carbonyl (C=O) groups is 1. The molecular weight excluding hydrogens is 384 g/mol. The smallest absolute Gasteiger partial charge is 0.230 e. The molecule has 1 atom stereocenters. The van der Waals surface area contributed by atoms with E-state index >= 15 is 0 Å². The maximum atomic E-state index is 12.4. The zero-order valence-corrected chi connectivity index (χ0v) is 17.7. The van der Waals surface area contributed by atoms with E-state index in [1.54, 1.807) is 13.3 Å². The number of thioether (sulfide) groups is 1. The number of nitrogens with zero attached hydrogens (tertiary/aromatic N) is 3. The SMILES string of the molecule is COc1cccc(-n2ccnc2SCC(=O)NC[C@H](c2ccccc2)N(C)C)c1. The fourth-order valence-corrected chi connectivity index (χ4v) is 3.82. The van der Waals surface area contributed by atoms with Gasteiger partial charge in [-0.25, -0.2) is 4.98 Å². The highest BCUT2D eigenvalue weighted by Gasteiger charge is 2.16. The Kier molecular flexibility index (Phi) is 7.32. The number of amides is 1. The number of ether oxygens (including phenoxy) is 1. The Labute approximate surface area is 175 Å². The molecule has 3 aromatic rings. The second kappa shape index (κ2) is 10.1. The zero-order chi connectivity index (χ0) is 20.6. The van der Waals surface area contributed by atoms with Gasteiger partial charge in [-0.15, -0.1) is 0 Å². The van der Waals surface area contributed by atoms with E-state index in [-0.39, 0.29) is 11.9 Å². The van der Waals surface area contributed by atoms with Crippen molar-refractivity contribution in [1.29, 1.82) is 0 Å². The van der Waals surface area contributed by atoms with Crippen molar-refractivity contribution in [2.75, 3.05) is 33.5 Å². The van der Waals surface area contributed by atoms with Crippen molar-refractivity contribution in [2.24, 2.45) is 0 Å². The third kappa shape index (κ3) is 5.62. The molecule has 0 aliphatic heterocycles. The summed E-state index contributed by atoms with van der Waals surface area (Å²) in [7, 11) is 5.68. The molecule has 0 bridgehead atoms. The molecule has 2 aromatic carbocycles. The Morgan fingerprint density at radius 3 is 2.72 bits per heavy atom. The van der Waals surface area contributed by atoms with E-state index in [1.165, 1.54) is 17.3 Å². The van der Waals surface area contributed by atoms with Crippen LogP contribution in [0.5, 0.6) is 5.75 Å². The lowest BCUT2D eigenvalue weighted by Crippen LogP contribution is -2.35. The van der Waals surface area contributed by atoms with Gasteiger partial charge < -0.3 is 15.0 Å². The van der Waals surface area contributed by atoms with Crippen molar-refractivity contribution in [3.8, 4) is 11.4 Å². The fraction of sp³-hybridized carbons (Fsp3) is 0.273. The lowest BCUT2D eigenvalue weighted by molar-refractivity contribution is -0.118. The predicted molar refractivity (Wildman–Crippen MR) is 117 cm³/mol. The number of imidazole rings is 1. The van der Waals surface area contributed by atoms with Gasteiger partial charge in [0.05, 0.1) is 24.6 Å². The van der Waals surface area contributed by atoms with Crippen LogP contribution in [-0.4, -0.2) is 53.9 Å². The first-order valence-corrected chi connectivity index (χ1v) is 10.4. The zero-order valence-electron chi connectivity index (χ0n) is 16.9. The maximum absolute atomic E-state index is 12.4. The molecule has 152 valence electrons. The van der Waals surface area contributed by atoms with Gasteiger partial charge in [-0.05, 0) is 31.8 Å². The van der Waals surface area contributed by atoms with Crippen LogP contribution in [0.1, 0.15) is 11.6 Å². The van der Waals surface area contributed by atoms with Crippen LogP contribution in [0.2, 0.25) is 0 Å². The van der Waals surface area contributed by atoms with Crippen LogP contribution in [0.4, 0.5) is 0 Å². The summed E-state index contributed by atoms with van der Waals surface area (Å²) < 4.78 is 7.24. The number of benzene rings is 2. The number of hydrogen-bond donors (Lipinski definition) is 1. The van der Waals surface area contributed by atoms with Crippen molar-refractivity contribution in [1.82, 2.24) is 19.8 Å². The highest BCUT2D eigenvalue weighted by molar-refractivity contribution is 7.99. The minimum atomic E-state index is -0.0158. The predicted octanol–water partition coefficient (Wildman–Crippen LogP) is 3.39. The molecule has 1 amide bonds. The first kappa shape index (κ1) is 21.0. The molecule has 0 spiro atoms. The standard InChI is InChI=1S/C22H26N4O2S/c1-25(2)20(17-8-5-4-6-9-17)15-24-21(27)16-29-22-23-12-13-26(22)18-10-7-11-19(14-18)28-3/h4-14,20H,15-16H2,1-3H3,(H,24,27)/t20-/m1/s1. The third-order valence-corrected chi connectivity index (χ3v) is 5.54. The van der Waals surface area contributed by atoms with Gasteiger partial charge in [0.25, 0.3) is 0 Å². The van der Waals surface area contributed by atoms with Crippen LogP contribution in [0, 0.1) is 0 Å². The van der Waals surface area contributed by atoms with Crippen LogP contribution < -0.4 is 10.1 Å². The van der Waals surface area contributed by atoms with E-state index in [4.69, 9.17) is 4.74 Å². The third-order valence-electron chi connectivity index (χ3n) is 4.57. The van der Waals surface area contributed by atoms with Crippen molar-refractivity contribution in [2.45, 2.75) is 11.2 Å². The Balaban J connectivity index is 1.58. The molecule has 6 nitrogen and oxygen atoms in total. The van der Waals surface area contributed by atoms with Crippen LogP contribution in [0.25, 0.3) is 5.69 Å². The van der Waals surface area contributed by atoms with E-state index in [0.29, 0.717) is 12.3 Å². The van der Waals surface area contributed by atoms with Gasteiger partial charge in [0, 0.05) is 25.0 Å². The summed E-state index contributed by atoms with van der Waals surface area (Å²) in [6.07, 6.45) is 3.61. The summed E-state index contributed by atoms with van der Waals surface area (Å²) in [4.78, 5) is 18.9. The summed E-state index contributed by atoms with van der Waals surface area (Å²) in [6.45, 7) is 0.556. The van der Waals surface area contributed by atoms with Gasteiger partial charge in [-0.2, -0.15) is 0 Å². The molecule has 0 aliphatic carbocycles. The van der Waals surface area contributed by atoms with Gasteiger partial charge >= 0.3 is 0 Å². The first-order chi connectivity index (χ1) is 14.1. The molecule has 0 radical (unpaired) electrons. The van der Waals surface area contributed by atoms with E-state index in [2.05, 4.69) is 27.3 Å². The monoisotopic (exact) mass is 410 g/mol. The van der Waals surface area contributed by atoms with E-state index in [1.807, 2.05) is 67.3 Å². The summed E-state index contributed by atoms with van der Waals surface area (Å²) >= 11 is 1.41. The van der Waals surface area contributed by atoms with Crippen LogP contribution >= 0.6 is 11.8 Å². The molecule has 3 rings (SSSR count). The lowest BCUT2D eigenvalue weighted by atomic mass is 10.1. The molecule has 1 heterocycles. The number of aromatic nitrogens is 2. The molecule has 1 aromatic heterocycles. The normalized spacial score (nSPS) is 12.0. The maximum Gasteiger partial charge on any atom is 0.230 e. The van der Waals surface area contributed by atoms with Crippen LogP contribution in [0.3, 0.4) is 0 Å². The number of methoxy groups -OCH3 is 1. The average Bonchev–Trinajstić information content (AvgIpc) is 3.21. The number of carbonyl (C=O) groups excluding carboxylic acids is 1. The van der Waals surface area contributed by atoms with Crippen molar-refractivity contribution >= 4 is 17.7 Å². The molecule has 0 unspecified atom stereocenters. The van der Waals surface area contributed by atoms with Gasteiger partial charge in [-0.3, -0.25) is 9.36 Å². The quantitative estimate of drug-likeness (QED) is 0.548. The highest BCUT2D eigenvalue weighted by Crippen LogP contribution is 2.23. The van der Waals surface area contributed by atoms with E-state index in [9.17, 15) is 4.79 Å². The largest absolute Gasteiger partial charge is 0.497 e. The van der Waals surface area contributed by atoms with Gasteiger partial charge in [-0.1, -0.05) is 48.2 Å². The number of hydrogen-bond acceptors (Lipinski definition) is 5. The molecule has 1 N–H and O–H groups in total. The van der Waals surface area contributed by atoms with Crippen LogP contribution in [0.15, 0.2) is 72.1 Å². The van der Waals surface area contributed by atoms with E-state index in [0.717, 1.165) is 16.6 Å². The number of rotatable bonds is 9. The molecule has 0 saturated heterocycles. The number of nitrogens with one attached hydrogen (secondary N) is 1. The minimum absolute atomic E-state index is 0.0158. The summed E-state index contributed by atoms with van der Waals surface area (Å²) in [5.74, 6) is 1.06. The second-order valence-electron chi connectivity index (χ2n) is 6.76. The Morgan fingerprint density at radius 2 is 2.00 bits per heavy atom. The molecular formula is C22H26N4O2S. The summed E-state index contributed by atoms with van der Waals surface area (Å²) in [5, 5.41) is 3.81. The topological polar surface area (TPSA) is 59.4 Å². The molecule has 29 heavy (non-hydrogen) atoms. The first-order valence-electron chi connectivity index (χ1n) is 9.37. The van der Waals surface area contributed by atoms with Gasteiger partial charge in [0.2, 0.25) is 5.91 Å². The molecule has 0 saturated carbocycles. The summed E-state index contributed by atoms with van der Waals surface area (Å²) in [6, 6.07) is 18.1. The van der Waals surface area contributed by atoms with Crippen molar-refractivity contribution in [3.63, 3.8) is 0 Å². The Morgan fingerprint density at radius 1 is 1.21 bits per heavy atom. The molecule has 0 fully saturated rings. The fourth-order valence-electron chi connectivity index (χ4n) is 3.02. The number of likely N-dealkylation sites (N-methyl/N-ethyl adjacent to an activating group) is 1. The highest BCUT2D eigenvalue weighted by atomic mass is 32.2. The summed E-state index contributed by atoms with van der Waals surface area (Å²) in [5.41, 5.74) is 2.13. The van der Waals surface area contributed by atoms with Crippen molar-refractivity contribution < 1.29 is 9.53 Å². The Hall–Kier alpha value is -2.77.